The summed E-state index contributed by atoms with van der Waals surface area (Å²) >= 11 is 3.33. The number of halogens is 1. The molecule has 102 valence electrons. The smallest absolute Gasteiger partial charge is 0.267 e. The maximum Gasteiger partial charge on any atom is 0.271 e. The van der Waals surface area contributed by atoms with E-state index >= 15 is 0 Å². The molecule has 0 fully saturated rings. The number of hydrazone groups is 1. The van der Waals surface area contributed by atoms with Gasteiger partial charge in [-0.05, 0) is 35.7 Å². The largest absolute Gasteiger partial charge is 0.271 e. The van der Waals surface area contributed by atoms with Crippen molar-refractivity contribution in [2.75, 3.05) is 0 Å². The van der Waals surface area contributed by atoms with Crippen molar-refractivity contribution in [1.82, 2.24) is 5.43 Å². The first kappa shape index (κ1) is 14.5. The lowest BCUT2D eigenvalue weighted by Gasteiger charge is -2.00. The molecule has 20 heavy (non-hydrogen) atoms. The third-order valence-electron chi connectivity index (χ3n) is 2.85. The van der Waals surface area contributed by atoms with Crippen LogP contribution in [-0.4, -0.2) is 12.1 Å². The van der Waals surface area contributed by atoms with Crippen LogP contribution < -0.4 is 5.43 Å². The summed E-state index contributed by atoms with van der Waals surface area (Å²) in [4.78, 5) is 11.8. The highest BCUT2D eigenvalue weighted by Crippen LogP contribution is 2.11. The Bertz CT molecular complexity index is 621. The van der Waals surface area contributed by atoms with E-state index < -0.39 is 0 Å². The third kappa shape index (κ3) is 4.03. The zero-order chi connectivity index (χ0) is 14.4. The molecule has 0 aromatic heterocycles. The molecule has 0 aliphatic rings. The van der Waals surface area contributed by atoms with Crippen LogP contribution in [0.4, 0.5) is 0 Å². The van der Waals surface area contributed by atoms with Gasteiger partial charge < -0.3 is 0 Å². The number of hydrogen-bond donors (Lipinski definition) is 1. The maximum atomic E-state index is 11.8. The first-order chi connectivity index (χ1) is 9.69. The van der Waals surface area contributed by atoms with Gasteiger partial charge in [0.25, 0.3) is 5.91 Å². The van der Waals surface area contributed by atoms with Crippen LogP contribution in [0.3, 0.4) is 0 Å². The second-order valence-electron chi connectivity index (χ2n) is 4.30. The summed E-state index contributed by atoms with van der Waals surface area (Å²) in [6.45, 7) is 2.11. The van der Waals surface area contributed by atoms with Crippen molar-refractivity contribution in [3.8, 4) is 0 Å². The van der Waals surface area contributed by atoms with Crippen LogP contribution in [-0.2, 0) is 6.42 Å². The van der Waals surface area contributed by atoms with Gasteiger partial charge in [-0.2, -0.15) is 5.10 Å². The molecule has 0 spiro atoms. The number of carbonyl (C=O) groups is 1. The van der Waals surface area contributed by atoms with Crippen LogP contribution in [0.25, 0.3) is 0 Å². The number of rotatable bonds is 4. The average molecular weight is 331 g/mol. The molecular weight excluding hydrogens is 316 g/mol. The third-order valence-corrected chi connectivity index (χ3v) is 3.35. The molecule has 0 atom stereocenters. The highest BCUT2D eigenvalue weighted by molar-refractivity contribution is 9.10. The lowest BCUT2D eigenvalue weighted by atomic mass is 10.1. The van der Waals surface area contributed by atoms with E-state index in [0.29, 0.717) is 5.56 Å². The molecule has 1 amide bonds. The van der Waals surface area contributed by atoms with Gasteiger partial charge in [0.05, 0.1) is 6.21 Å². The van der Waals surface area contributed by atoms with Crippen molar-refractivity contribution in [1.29, 1.82) is 0 Å². The van der Waals surface area contributed by atoms with E-state index in [1.54, 1.807) is 18.3 Å². The van der Waals surface area contributed by atoms with E-state index in [4.69, 9.17) is 0 Å². The molecule has 0 saturated carbocycles. The number of benzene rings is 2. The van der Waals surface area contributed by atoms with Crippen LogP contribution in [0.1, 0.15) is 28.4 Å². The van der Waals surface area contributed by atoms with Crippen LogP contribution in [0.2, 0.25) is 0 Å². The van der Waals surface area contributed by atoms with Crippen molar-refractivity contribution in [2.24, 2.45) is 5.10 Å². The van der Waals surface area contributed by atoms with Gasteiger partial charge in [-0.25, -0.2) is 5.43 Å². The van der Waals surface area contributed by atoms with Gasteiger partial charge >= 0.3 is 0 Å². The summed E-state index contributed by atoms with van der Waals surface area (Å²) in [7, 11) is 0. The predicted octanol–water partition coefficient (Wildman–Crippen LogP) is 3.78. The molecule has 3 nitrogen and oxygen atoms in total. The number of aryl methyl sites for hydroxylation is 1. The van der Waals surface area contributed by atoms with Crippen molar-refractivity contribution < 1.29 is 4.79 Å². The Balaban J connectivity index is 1.97. The molecule has 2 aromatic rings. The van der Waals surface area contributed by atoms with Gasteiger partial charge in [-0.3, -0.25) is 4.79 Å². The molecule has 0 radical (unpaired) electrons. The fraction of sp³-hybridized carbons (Fsp3) is 0.125. The second-order valence-corrected chi connectivity index (χ2v) is 5.22. The fourth-order valence-electron chi connectivity index (χ4n) is 1.70. The van der Waals surface area contributed by atoms with Crippen LogP contribution in [0, 0.1) is 0 Å². The molecule has 0 saturated heterocycles. The van der Waals surface area contributed by atoms with Gasteiger partial charge in [-0.1, -0.05) is 53.2 Å². The lowest BCUT2D eigenvalue weighted by Crippen LogP contribution is -2.17. The Morgan fingerprint density at radius 3 is 2.65 bits per heavy atom. The predicted molar refractivity (Wildman–Crippen MR) is 85.0 cm³/mol. The minimum atomic E-state index is -0.229. The first-order valence-corrected chi connectivity index (χ1v) is 7.16. The summed E-state index contributed by atoms with van der Waals surface area (Å²) < 4.78 is 0.865. The first-order valence-electron chi connectivity index (χ1n) is 6.37. The summed E-state index contributed by atoms with van der Waals surface area (Å²) in [5.41, 5.74) is 5.31. The topological polar surface area (TPSA) is 41.5 Å². The van der Waals surface area contributed by atoms with Crippen molar-refractivity contribution in [2.45, 2.75) is 13.3 Å². The average Bonchev–Trinajstić information content (AvgIpc) is 2.48. The highest BCUT2D eigenvalue weighted by Gasteiger charge is 2.03. The minimum Gasteiger partial charge on any atom is -0.267 e. The van der Waals surface area contributed by atoms with Crippen LogP contribution in [0.15, 0.2) is 58.1 Å². The normalized spacial score (nSPS) is 10.7. The minimum absolute atomic E-state index is 0.229. The van der Waals surface area contributed by atoms with Gasteiger partial charge in [-0.15, -0.1) is 0 Å². The molecule has 4 heteroatoms. The summed E-state index contributed by atoms with van der Waals surface area (Å²) in [6, 6.07) is 15.2. The Kier molecular flexibility index (Phi) is 5.07. The number of hydrogen-bond acceptors (Lipinski definition) is 2. The van der Waals surface area contributed by atoms with Gasteiger partial charge in [0.2, 0.25) is 0 Å². The van der Waals surface area contributed by atoms with E-state index in [2.05, 4.69) is 45.5 Å². The van der Waals surface area contributed by atoms with E-state index in [1.807, 2.05) is 24.3 Å². The Labute approximate surface area is 126 Å². The highest BCUT2D eigenvalue weighted by atomic mass is 79.9. The number of carbonyl (C=O) groups excluding carboxylic acids is 1. The summed E-state index contributed by atoms with van der Waals surface area (Å²) in [5, 5.41) is 3.96. The van der Waals surface area contributed by atoms with E-state index in [9.17, 15) is 4.79 Å². The Hall–Kier alpha value is -1.94. The molecule has 0 aliphatic heterocycles. The van der Waals surface area contributed by atoms with E-state index in [1.165, 1.54) is 5.56 Å². The number of nitrogens with zero attached hydrogens (tertiary/aromatic N) is 1. The van der Waals surface area contributed by atoms with E-state index in [-0.39, 0.29) is 5.91 Å². The Morgan fingerprint density at radius 2 is 2.00 bits per heavy atom. The quantitative estimate of drug-likeness (QED) is 0.672. The number of amides is 1. The monoisotopic (exact) mass is 330 g/mol. The van der Waals surface area contributed by atoms with Gasteiger partial charge in [0.15, 0.2) is 0 Å². The molecule has 0 aliphatic carbocycles. The standard InChI is InChI=1S/C16H15BrN2O/c1-2-12-6-8-13(9-7-12)11-18-19-16(20)14-4-3-5-15(17)10-14/h3-11H,2H2,1H3,(H,19,20). The molecule has 0 unspecified atom stereocenters. The fourth-order valence-corrected chi connectivity index (χ4v) is 2.10. The maximum absolute atomic E-state index is 11.8. The van der Waals surface area contributed by atoms with Crippen molar-refractivity contribution >= 4 is 28.1 Å². The van der Waals surface area contributed by atoms with Crippen molar-refractivity contribution in [3.05, 3.63) is 69.7 Å². The zero-order valence-corrected chi connectivity index (χ0v) is 12.7. The van der Waals surface area contributed by atoms with Gasteiger partial charge in [0, 0.05) is 10.0 Å². The SMILES string of the molecule is CCc1ccc(C=NNC(=O)c2cccc(Br)c2)cc1. The Morgan fingerprint density at radius 1 is 1.25 bits per heavy atom. The zero-order valence-electron chi connectivity index (χ0n) is 11.1. The second kappa shape index (κ2) is 7.01. The lowest BCUT2D eigenvalue weighted by molar-refractivity contribution is 0.0955. The summed E-state index contributed by atoms with van der Waals surface area (Å²) in [6.07, 6.45) is 2.65. The number of nitrogens with one attached hydrogen (secondary N) is 1. The van der Waals surface area contributed by atoms with Crippen LogP contribution >= 0.6 is 15.9 Å². The molecular formula is C16H15BrN2O. The van der Waals surface area contributed by atoms with Gasteiger partial charge in [0.1, 0.15) is 0 Å². The summed E-state index contributed by atoms with van der Waals surface area (Å²) in [5.74, 6) is -0.229. The van der Waals surface area contributed by atoms with E-state index in [0.717, 1.165) is 16.5 Å². The molecule has 1 N–H and O–H groups in total. The van der Waals surface area contributed by atoms with Crippen molar-refractivity contribution in [3.63, 3.8) is 0 Å². The molecule has 2 rings (SSSR count). The molecule has 2 aromatic carbocycles. The molecule has 0 bridgehead atoms. The molecule has 0 heterocycles. The van der Waals surface area contributed by atoms with Crippen LogP contribution in [0.5, 0.6) is 0 Å².